The van der Waals surface area contributed by atoms with Crippen LogP contribution in [0.1, 0.15) is 31.5 Å². The molecule has 0 spiro atoms. The van der Waals surface area contributed by atoms with E-state index in [1.54, 1.807) is 14.0 Å². The standard InChI is InChI=1S/C14H24N4O4S/c1-3-23(19,20)17-12-7-18(6-11(12)10-4-5-10)8-13-15-14(9-21-2)22-16-13/h10-12,17H,3-9H2,1-2H3/t11-,12+/m0/s1. The summed E-state index contributed by atoms with van der Waals surface area (Å²) in [6.07, 6.45) is 2.39. The van der Waals surface area contributed by atoms with Gasteiger partial charge in [-0.1, -0.05) is 5.16 Å². The van der Waals surface area contributed by atoms with Gasteiger partial charge < -0.3 is 9.26 Å². The maximum atomic E-state index is 11.9. The first kappa shape index (κ1) is 16.8. The number of aromatic nitrogens is 2. The highest BCUT2D eigenvalue weighted by atomic mass is 32.2. The molecule has 0 amide bonds. The van der Waals surface area contributed by atoms with Crippen molar-refractivity contribution in [1.82, 2.24) is 19.8 Å². The molecule has 2 atom stereocenters. The zero-order valence-electron chi connectivity index (χ0n) is 13.6. The number of likely N-dealkylation sites (tertiary alicyclic amines) is 1. The van der Waals surface area contributed by atoms with Crippen LogP contribution in [0.4, 0.5) is 0 Å². The molecule has 1 aliphatic carbocycles. The molecule has 0 bridgehead atoms. The monoisotopic (exact) mass is 344 g/mol. The molecule has 1 saturated carbocycles. The minimum Gasteiger partial charge on any atom is -0.375 e. The first-order chi connectivity index (χ1) is 11.0. The number of sulfonamides is 1. The van der Waals surface area contributed by atoms with Crippen molar-refractivity contribution in [2.45, 2.75) is 39.0 Å². The van der Waals surface area contributed by atoms with Crippen LogP contribution in [-0.4, -0.2) is 55.5 Å². The third kappa shape index (κ3) is 4.28. The second kappa shape index (κ2) is 6.84. The van der Waals surface area contributed by atoms with Gasteiger partial charge in [-0.25, -0.2) is 13.1 Å². The van der Waals surface area contributed by atoms with Crippen LogP contribution in [0.15, 0.2) is 4.52 Å². The molecular weight excluding hydrogens is 320 g/mol. The van der Waals surface area contributed by atoms with E-state index in [-0.39, 0.29) is 11.8 Å². The van der Waals surface area contributed by atoms with Crippen LogP contribution in [0.5, 0.6) is 0 Å². The van der Waals surface area contributed by atoms with Gasteiger partial charge in [0.2, 0.25) is 10.0 Å². The zero-order chi connectivity index (χ0) is 16.4. The van der Waals surface area contributed by atoms with Crippen molar-refractivity contribution >= 4 is 10.0 Å². The maximum absolute atomic E-state index is 11.9. The SMILES string of the molecule is CCS(=O)(=O)N[C@@H]1CN(Cc2noc(COC)n2)C[C@H]1C1CC1. The Morgan fingerprint density at radius 3 is 2.83 bits per heavy atom. The van der Waals surface area contributed by atoms with Gasteiger partial charge in [0.1, 0.15) is 6.61 Å². The Bertz CT molecular complexity index is 628. The van der Waals surface area contributed by atoms with E-state index in [0.29, 0.717) is 43.2 Å². The Balaban J connectivity index is 1.62. The molecule has 9 heteroatoms. The Morgan fingerprint density at radius 1 is 1.39 bits per heavy atom. The molecule has 1 aromatic heterocycles. The van der Waals surface area contributed by atoms with Gasteiger partial charge >= 0.3 is 0 Å². The number of hydrogen-bond donors (Lipinski definition) is 1. The van der Waals surface area contributed by atoms with E-state index in [1.165, 1.54) is 12.8 Å². The van der Waals surface area contributed by atoms with Crippen LogP contribution >= 0.6 is 0 Å². The lowest BCUT2D eigenvalue weighted by Crippen LogP contribution is -2.41. The molecule has 0 aromatic carbocycles. The van der Waals surface area contributed by atoms with Crippen LogP contribution < -0.4 is 4.72 Å². The summed E-state index contributed by atoms with van der Waals surface area (Å²) in [6, 6.07) is -0.0159. The molecule has 0 unspecified atom stereocenters. The number of rotatable bonds is 8. The van der Waals surface area contributed by atoms with E-state index < -0.39 is 10.0 Å². The van der Waals surface area contributed by atoms with Gasteiger partial charge in [-0.05, 0) is 31.6 Å². The molecule has 1 aliphatic heterocycles. The van der Waals surface area contributed by atoms with Gasteiger partial charge in [-0.2, -0.15) is 4.98 Å². The van der Waals surface area contributed by atoms with E-state index in [2.05, 4.69) is 19.8 Å². The first-order valence-corrected chi connectivity index (χ1v) is 9.68. The summed E-state index contributed by atoms with van der Waals surface area (Å²) < 4.78 is 36.7. The minimum absolute atomic E-state index is 0.0159. The third-order valence-corrected chi connectivity index (χ3v) is 5.94. The number of nitrogens with one attached hydrogen (secondary N) is 1. The predicted octanol–water partition coefficient (Wildman–Crippen LogP) is 0.366. The van der Waals surface area contributed by atoms with Crippen LogP contribution in [0, 0.1) is 11.8 Å². The normalized spacial score (nSPS) is 26.0. The van der Waals surface area contributed by atoms with E-state index in [9.17, 15) is 8.42 Å². The van der Waals surface area contributed by atoms with Crippen molar-refractivity contribution in [2.75, 3.05) is 26.0 Å². The molecule has 130 valence electrons. The molecule has 1 saturated heterocycles. The van der Waals surface area contributed by atoms with E-state index in [4.69, 9.17) is 9.26 Å². The highest BCUT2D eigenvalue weighted by Crippen LogP contribution is 2.41. The Hall–Kier alpha value is -1.03. The highest BCUT2D eigenvalue weighted by Gasteiger charge is 2.43. The topological polar surface area (TPSA) is 97.6 Å². The molecule has 1 aromatic rings. The second-order valence-corrected chi connectivity index (χ2v) is 8.40. The van der Waals surface area contributed by atoms with Crippen LogP contribution in [0.2, 0.25) is 0 Å². The van der Waals surface area contributed by atoms with Crippen molar-refractivity contribution in [1.29, 1.82) is 0 Å². The van der Waals surface area contributed by atoms with E-state index in [0.717, 1.165) is 6.54 Å². The molecule has 2 fully saturated rings. The molecule has 2 aliphatic rings. The summed E-state index contributed by atoms with van der Waals surface area (Å²) in [6.45, 7) is 4.10. The smallest absolute Gasteiger partial charge is 0.252 e. The van der Waals surface area contributed by atoms with Crippen molar-refractivity contribution in [3.63, 3.8) is 0 Å². The van der Waals surface area contributed by atoms with Crippen molar-refractivity contribution < 1.29 is 17.7 Å². The lowest BCUT2D eigenvalue weighted by Gasteiger charge is -2.18. The van der Waals surface area contributed by atoms with Crippen molar-refractivity contribution in [3.05, 3.63) is 11.7 Å². The van der Waals surface area contributed by atoms with Gasteiger partial charge in [0, 0.05) is 26.2 Å². The average Bonchev–Trinajstić information content (AvgIpc) is 3.15. The molecule has 3 rings (SSSR count). The van der Waals surface area contributed by atoms with Gasteiger partial charge in [-0.15, -0.1) is 0 Å². The molecule has 0 radical (unpaired) electrons. The van der Waals surface area contributed by atoms with Gasteiger partial charge in [0.15, 0.2) is 5.82 Å². The fraction of sp³-hybridized carbons (Fsp3) is 0.857. The summed E-state index contributed by atoms with van der Waals surface area (Å²) in [7, 11) is -1.61. The van der Waals surface area contributed by atoms with Crippen LogP contribution in [0.25, 0.3) is 0 Å². The maximum Gasteiger partial charge on any atom is 0.252 e. The summed E-state index contributed by atoms with van der Waals surface area (Å²) in [5, 5.41) is 3.95. The van der Waals surface area contributed by atoms with E-state index >= 15 is 0 Å². The summed E-state index contributed by atoms with van der Waals surface area (Å²) >= 11 is 0. The fourth-order valence-corrected chi connectivity index (χ4v) is 4.10. The fourth-order valence-electron chi connectivity index (χ4n) is 3.22. The number of hydrogen-bond acceptors (Lipinski definition) is 7. The molecule has 2 heterocycles. The number of methoxy groups -OCH3 is 1. The predicted molar refractivity (Wildman–Crippen MR) is 82.9 cm³/mol. The first-order valence-electron chi connectivity index (χ1n) is 8.03. The molecule has 23 heavy (non-hydrogen) atoms. The van der Waals surface area contributed by atoms with Gasteiger partial charge in [0.05, 0.1) is 12.3 Å². The number of nitrogens with zero attached hydrogens (tertiary/aromatic N) is 3. The lowest BCUT2D eigenvalue weighted by atomic mass is 9.99. The van der Waals surface area contributed by atoms with Crippen molar-refractivity contribution in [2.24, 2.45) is 11.8 Å². The molecular formula is C14H24N4O4S. The molecule has 1 N–H and O–H groups in total. The Morgan fingerprint density at radius 2 is 2.17 bits per heavy atom. The Labute approximate surface area is 136 Å². The quantitative estimate of drug-likeness (QED) is 0.727. The molecule has 8 nitrogen and oxygen atoms in total. The number of ether oxygens (including phenoxy) is 1. The average molecular weight is 344 g/mol. The van der Waals surface area contributed by atoms with Crippen molar-refractivity contribution in [3.8, 4) is 0 Å². The van der Waals surface area contributed by atoms with Gasteiger partial charge in [-0.3, -0.25) is 4.90 Å². The summed E-state index contributed by atoms with van der Waals surface area (Å²) in [5.41, 5.74) is 0. The summed E-state index contributed by atoms with van der Waals surface area (Å²) in [5.74, 6) is 2.21. The van der Waals surface area contributed by atoms with Gasteiger partial charge in [0.25, 0.3) is 5.89 Å². The van der Waals surface area contributed by atoms with Crippen LogP contribution in [0.3, 0.4) is 0 Å². The zero-order valence-corrected chi connectivity index (χ0v) is 14.4. The minimum atomic E-state index is -3.18. The highest BCUT2D eigenvalue weighted by molar-refractivity contribution is 7.89. The third-order valence-electron chi connectivity index (χ3n) is 4.52. The largest absolute Gasteiger partial charge is 0.375 e. The Kier molecular flexibility index (Phi) is 5.00. The van der Waals surface area contributed by atoms with E-state index in [1.807, 2.05) is 0 Å². The lowest BCUT2D eigenvalue weighted by molar-refractivity contribution is 0.151. The second-order valence-electron chi connectivity index (χ2n) is 6.36. The summed E-state index contributed by atoms with van der Waals surface area (Å²) in [4.78, 5) is 6.48. The van der Waals surface area contributed by atoms with Crippen LogP contribution in [-0.2, 0) is 27.9 Å².